The number of fused-ring (bicyclic) bond motifs is 1. The first-order valence-electron chi connectivity index (χ1n) is 11.1. The van der Waals surface area contributed by atoms with Crippen LogP contribution in [0.1, 0.15) is 75.7 Å². The summed E-state index contributed by atoms with van der Waals surface area (Å²) < 4.78 is 12.9. The fourth-order valence-electron chi connectivity index (χ4n) is 4.14. The van der Waals surface area contributed by atoms with E-state index in [1.54, 1.807) is 0 Å². The predicted octanol–water partition coefficient (Wildman–Crippen LogP) is 7.78. The molecule has 2 atom stereocenters. The summed E-state index contributed by atoms with van der Waals surface area (Å²) in [4.78, 5) is 0. The zero-order valence-corrected chi connectivity index (χ0v) is 17.6. The van der Waals surface area contributed by atoms with Gasteiger partial charge >= 0.3 is 0 Å². The van der Waals surface area contributed by atoms with Crippen molar-refractivity contribution in [2.24, 2.45) is 0 Å². The van der Waals surface area contributed by atoms with Gasteiger partial charge in [-0.15, -0.1) is 0 Å². The summed E-state index contributed by atoms with van der Waals surface area (Å²) in [6, 6.07) is 23.5. The zero-order chi connectivity index (χ0) is 20.1. The smallest absolute Gasteiger partial charge is 0.226 e. The average Bonchev–Trinajstić information content (AvgIpc) is 2.79. The molecule has 2 nitrogen and oxygen atoms in total. The van der Waals surface area contributed by atoms with Gasteiger partial charge < -0.3 is 9.47 Å². The van der Waals surface area contributed by atoms with Crippen molar-refractivity contribution >= 4 is 10.8 Å². The van der Waals surface area contributed by atoms with Crippen LogP contribution in [0, 0.1) is 0 Å². The predicted molar refractivity (Wildman–Crippen MR) is 120 cm³/mol. The van der Waals surface area contributed by atoms with Crippen LogP contribution in [0.4, 0.5) is 0 Å². The molecule has 1 aliphatic carbocycles. The van der Waals surface area contributed by atoms with Gasteiger partial charge in [0.25, 0.3) is 0 Å². The van der Waals surface area contributed by atoms with Crippen molar-refractivity contribution in [3.8, 4) is 5.75 Å². The minimum atomic E-state index is -0.378. The van der Waals surface area contributed by atoms with Gasteiger partial charge in [0.05, 0.1) is 6.10 Å². The van der Waals surface area contributed by atoms with E-state index in [4.69, 9.17) is 9.47 Å². The van der Waals surface area contributed by atoms with Crippen molar-refractivity contribution in [1.82, 2.24) is 0 Å². The van der Waals surface area contributed by atoms with E-state index in [1.165, 1.54) is 35.6 Å². The van der Waals surface area contributed by atoms with Crippen LogP contribution in [0.5, 0.6) is 5.75 Å². The van der Waals surface area contributed by atoms with Crippen LogP contribution in [-0.4, -0.2) is 6.10 Å². The summed E-state index contributed by atoms with van der Waals surface area (Å²) in [7, 11) is 0. The summed E-state index contributed by atoms with van der Waals surface area (Å²) in [5.41, 5.74) is 2.44. The van der Waals surface area contributed by atoms with E-state index in [0.717, 1.165) is 30.6 Å². The van der Waals surface area contributed by atoms with E-state index in [2.05, 4.69) is 80.6 Å². The minimum Gasteiger partial charge on any atom is -0.461 e. The monoisotopic (exact) mass is 388 g/mol. The Balaban J connectivity index is 1.58. The molecule has 4 rings (SSSR count). The fourth-order valence-corrected chi connectivity index (χ4v) is 4.14. The van der Waals surface area contributed by atoms with Crippen molar-refractivity contribution in [1.29, 1.82) is 0 Å². The molecule has 0 radical (unpaired) electrons. The first-order chi connectivity index (χ1) is 14.2. The van der Waals surface area contributed by atoms with Crippen molar-refractivity contribution in [3.05, 3.63) is 77.9 Å². The summed E-state index contributed by atoms with van der Waals surface area (Å²) in [5.74, 6) is 1.44. The quantitative estimate of drug-likeness (QED) is 0.385. The average molecular weight is 389 g/mol. The molecule has 0 saturated heterocycles. The highest BCUT2D eigenvalue weighted by Crippen LogP contribution is 2.31. The van der Waals surface area contributed by atoms with Crippen LogP contribution in [0.3, 0.4) is 0 Å². The second kappa shape index (κ2) is 9.45. The number of benzene rings is 3. The van der Waals surface area contributed by atoms with Crippen molar-refractivity contribution < 1.29 is 9.47 Å². The Morgan fingerprint density at radius 1 is 0.828 bits per heavy atom. The SMILES string of the molecule is CCC(C)c1ccc(OC(OC2CCCCC2)c2ccc3ccccc3c2)cc1. The molecule has 1 saturated carbocycles. The van der Waals surface area contributed by atoms with E-state index in [1.807, 2.05) is 0 Å². The molecule has 3 aromatic rings. The maximum absolute atomic E-state index is 6.51. The van der Waals surface area contributed by atoms with E-state index < -0.39 is 0 Å². The summed E-state index contributed by atoms with van der Waals surface area (Å²) >= 11 is 0. The van der Waals surface area contributed by atoms with Gasteiger partial charge in [-0.1, -0.05) is 81.6 Å². The molecule has 0 N–H and O–H groups in total. The molecule has 152 valence electrons. The second-order valence-electron chi connectivity index (χ2n) is 8.33. The van der Waals surface area contributed by atoms with E-state index in [9.17, 15) is 0 Å². The van der Waals surface area contributed by atoms with E-state index in [0.29, 0.717) is 5.92 Å². The highest BCUT2D eigenvalue weighted by Gasteiger charge is 2.22. The van der Waals surface area contributed by atoms with Crippen molar-refractivity contribution in [3.63, 3.8) is 0 Å². The van der Waals surface area contributed by atoms with Gasteiger partial charge in [0.1, 0.15) is 5.75 Å². The molecule has 0 aromatic heterocycles. The molecule has 1 fully saturated rings. The van der Waals surface area contributed by atoms with E-state index >= 15 is 0 Å². The van der Waals surface area contributed by atoms with Crippen LogP contribution in [0.2, 0.25) is 0 Å². The first kappa shape index (κ1) is 20.0. The maximum Gasteiger partial charge on any atom is 0.226 e. The lowest BCUT2D eigenvalue weighted by Crippen LogP contribution is -2.23. The Morgan fingerprint density at radius 2 is 1.52 bits per heavy atom. The lowest BCUT2D eigenvalue weighted by Gasteiger charge is -2.28. The fraction of sp³-hybridized carbons (Fsp3) is 0.407. The van der Waals surface area contributed by atoms with Gasteiger partial charge in [-0.25, -0.2) is 0 Å². The van der Waals surface area contributed by atoms with Gasteiger partial charge in [-0.2, -0.15) is 0 Å². The van der Waals surface area contributed by atoms with Crippen molar-refractivity contribution in [2.75, 3.05) is 0 Å². The van der Waals surface area contributed by atoms with E-state index in [-0.39, 0.29) is 12.4 Å². The summed E-state index contributed by atoms with van der Waals surface area (Å²) in [5, 5.41) is 2.46. The normalized spacial score (nSPS) is 17.2. The number of hydrogen-bond acceptors (Lipinski definition) is 2. The van der Waals surface area contributed by atoms with Gasteiger partial charge in [0.2, 0.25) is 6.29 Å². The highest BCUT2D eigenvalue weighted by molar-refractivity contribution is 5.83. The molecule has 0 bridgehead atoms. The van der Waals surface area contributed by atoms with Crippen LogP contribution in [0.15, 0.2) is 66.7 Å². The third kappa shape index (κ3) is 5.00. The van der Waals surface area contributed by atoms with Gasteiger partial charge in [-0.05, 0) is 59.7 Å². The third-order valence-electron chi connectivity index (χ3n) is 6.22. The molecular weight excluding hydrogens is 356 g/mol. The molecule has 3 aromatic carbocycles. The van der Waals surface area contributed by atoms with Gasteiger partial charge in [0.15, 0.2) is 0 Å². The lowest BCUT2D eigenvalue weighted by atomic mass is 9.97. The van der Waals surface area contributed by atoms with Crippen LogP contribution < -0.4 is 4.74 Å². The van der Waals surface area contributed by atoms with Crippen molar-refractivity contribution in [2.45, 2.75) is 70.7 Å². The first-order valence-corrected chi connectivity index (χ1v) is 11.1. The Labute approximate surface area is 174 Å². The number of ether oxygens (including phenoxy) is 2. The molecule has 2 heteroatoms. The zero-order valence-electron chi connectivity index (χ0n) is 17.6. The topological polar surface area (TPSA) is 18.5 Å². The Bertz CT molecular complexity index is 909. The Morgan fingerprint density at radius 3 is 2.24 bits per heavy atom. The Hall–Kier alpha value is -2.32. The van der Waals surface area contributed by atoms with Crippen LogP contribution in [-0.2, 0) is 4.74 Å². The second-order valence-corrected chi connectivity index (χ2v) is 8.33. The minimum absolute atomic E-state index is 0.277. The maximum atomic E-state index is 6.51. The van der Waals surface area contributed by atoms with Gasteiger partial charge in [-0.3, -0.25) is 0 Å². The van der Waals surface area contributed by atoms with Crippen LogP contribution in [0.25, 0.3) is 10.8 Å². The number of hydrogen-bond donors (Lipinski definition) is 0. The lowest BCUT2D eigenvalue weighted by molar-refractivity contribution is -0.131. The summed E-state index contributed by atoms with van der Waals surface area (Å²) in [6.45, 7) is 4.49. The highest BCUT2D eigenvalue weighted by atomic mass is 16.7. The molecule has 0 aliphatic heterocycles. The Kier molecular flexibility index (Phi) is 6.51. The standard InChI is InChI=1S/C27H32O2/c1-3-20(2)21-15-17-26(18-16-21)29-27(28-25-11-5-4-6-12-25)24-14-13-22-9-7-8-10-23(22)19-24/h7-10,13-20,25,27H,3-6,11-12H2,1-2H3. The molecule has 0 amide bonds. The summed E-state index contributed by atoms with van der Waals surface area (Å²) in [6.07, 6.45) is 7.11. The molecule has 1 aliphatic rings. The molecule has 29 heavy (non-hydrogen) atoms. The van der Waals surface area contributed by atoms with Gasteiger partial charge in [0, 0.05) is 5.56 Å². The van der Waals surface area contributed by atoms with Crippen LogP contribution >= 0.6 is 0 Å². The largest absolute Gasteiger partial charge is 0.461 e. The molecule has 0 heterocycles. The number of rotatable bonds is 7. The third-order valence-corrected chi connectivity index (χ3v) is 6.22. The molecule has 0 spiro atoms. The molecule has 2 unspecified atom stereocenters. The molecular formula is C27H32O2.